The van der Waals surface area contributed by atoms with Crippen molar-refractivity contribution in [1.29, 1.82) is 0 Å². The number of carbonyl (C=O) groups is 1. The minimum absolute atomic E-state index is 0.00980. The fraction of sp³-hybridized carbons (Fsp3) is 0.474. The quantitative estimate of drug-likeness (QED) is 0.713. The van der Waals surface area contributed by atoms with Crippen molar-refractivity contribution in [2.75, 3.05) is 19.7 Å². The number of pyridine rings is 1. The molecule has 0 radical (unpaired) electrons. The van der Waals surface area contributed by atoms with Crippen molar-refractivity contribution < 1.29 is 17.9 Å². The third-order valence-corrected chi connectivity index (χ3v) is 7.35. The summed E-state index contributed by atoms with van der Waals surface area (Å²) in [7, 11) is -2.13. The molecule has 150 valence electrons. The second-order valence-corrected chi connectivity index (χ2v) is 9.35. The molecule has 9 heteroatoms. The number of fused-ring (bicyclic) bond motifs is 4. The maximum absolute atomic E-state index is 13.2. The Balaban J connectivity index is 1.64. The van der Waals surface area contributed by atoms with Crippen molar-refractivity contribution in [3.63, 3.8) is 0 Å². The Morgan fingerprint density at radius 3 is 2.79 bits per heavy atom. The molecule has 0 amide bonds. The largest absolute Gasteiger partial charge is 0.461 e. The molecule has 4 heterocycles. The van der Waals surface area contributed by atoms with E-state index in [4.69, 9.17) is 4.74 Å². The maximum Gasteiger partial charge on any atom is 0.354 e. The third-order valence-electron chi connectivity index (χ3n) is 5.55. The van der Waals surface area contributed by atoms with Crippen LogP contribution in [0.1, 0.15) is 35.4 Å². The van der Waals surface area contributed by atoms with Crippen molar-refractivity contribution >= 4 is 16.0 Å². The summed E-state index contributed by atoms with van der Waals surface area (Å²) < 4.78 is 36.2. The lowest BCUT2D eigenvalue weighted by molar-refractivity contribution is 0.0515. The van der Waals surface area contributed by atoms with E-state index in [0.29, 0.717) is 19.6 Å². The van der Waals surface area contributed by atoms with E-state index in [9.17, 15) is 18.0 Å². The number of hydrogen-bond donors (Lipinski definition) is 0. The predicted molar refractivity (Wildman–Crippen MR) is 102 cm³/mol. The lowest BCUT2D eigenvalue weighted by Gasteiger charge is -2.41. The Labute approximate surface area is 163 Å². The molecule has 2 aliphatic heterocycles. The van der Waals surface area contributed by atoms with Crippen molar-refractivity contribution in [1.82, 2.24) is 13.4 Å². The Kier molecular flexibility index (Phi) is 4.67. The molecule has 28 heavy (non-hydrogen) atoms. The van der Waals surface area contributed by atoms with Crippen LogP contribution >= 0.6 is 0 Å². The Morgan fingerprint density at radius 1 is 1.25 bits per heavy atom. The highest BCUT2D eigenvalue weighted by Gasteiger charge is 2.40. The standard InChI is InChI=1S/C19H23N3O5S/c1-3-27-19(24)17-8-15(12-20(17)2)28(25,26)21-9-13-7-14(11-21)16-5-4-6-18(23)22(16)10-13/h4-6,8,12-14H,3,7,9-11H2,1-2H3/t13-,14+/m1/s1. The highest BCUT2D eigenvalue weighted by Crippen LogP contribution is 2.37. The van der Waals surface area contributed by atoms with Crippen LogP contribution in [0.15, 0.2) is 40.2 Å². The van der Waals surface area contributed by atoms with Gasteiger partial charge in [-0.05, 0) is 31.4 Å². The van der Waals surface area contributed by atoms with E-state index < -0.39 is 16.0 Å². The molecule has 2 atom stereocenters. The number of piperidine rings is 1. The molecule has 2 aromatic heterocycles. The minimum Gasteiger partial charge on any atom is -0.461 e. The Bertz CT molecular complexity index is 1090. The van der Waals surface area contributed by atoms with Gasteiger partial charge in [-0.2, -0.15) is 4.31 Å². The molecule has 2 aromatic rings. The van der Waals surface area contributed by atoms with E-state index in [1.165, 1.54) is 21.1 Å². The second-order valence-electron chi connectivity index (χ2n) is 7.41. The highest BCUT2D eigenvalue weighted by atomic mass is 32.2. The summed E-state index contributed by atoms with van der Waals surface area (Å²) in [6.45, 7) is 3.14. The van der Waals surface area contributed by atoms with Gasteiger partial charge in [-0.3, -0.25) is 4.79 Å². The smallest absolute Gasteiger partial charge is 0.354 e. The van der Waals surface area contributed by atoms with E-state index in [-0.39, 0.29) is 34.6 Å². The number of sulfonamides is 1. The van der Waals surface area contributed by atoms with Crippen molar-refractivity contribution in [3.8, 4) is 0 Å². The van der Waals surface area contributed by atoms with Gasteiger partial charge in [0.15, 0.2) is 0 Å². The number of hydrogen-bond acceptors (Lipinski definition) is 5. The molecule has 0 unspecified atom stereocenters. The molecule has 1 saturated heterocycles. The molecule has 0 N–H and O–H groups in total. The van der Waals surface area contributed by atoms with Gasteiger partial charge in [-0.25, -0.2) is 13.2 Å². The summed E-state index contributed by atoms with van der Waals surface area (Å²) in [6.07, 6.45) is 2.32. The van der Waals surface area contributed by atoms with Crippen LogP contribution in [-0.4, -0.2) is 47.5 Å². The molecule has 0 aromatic carbocycles. The molecule has 2 aliphatic rings. The van der Waals surface area contributed by atoms with Crippen molar-refractivity contribution in [2.45, 2.75) is 30.7 Å². The molecule has 0 spiro atoms. The zero-order valence-electron chi connectivity index (χ0n) is 15.9. The molecular weight excluding hydrogens is 382 g/mol. The van der Waals surface area contributed by atoms with Gasteiger partial charge in [0.25, 0.3) is 5.56 Å². The van der Waals surface area contributed by atoms with Crippen LogP contribution in [0.4, 0.5) is 0 Å². The fourth-order valence-corrected chi connectivity index (χ4v) is 5.91. The van der Waals surface area contributed by atoms with E-state index in [0.717, 1.165) is 12.1 Å². The first kappa shape index (κ1) is 18.9. The van der Waals surface area contributed by atoms with Gasteiger partial charge in [0.2, 0.25) is 10.0 Å². The van der Waals surface area contributed by atoms with Crippen LogP contribution in [0.2, 0.25) is 0 Å². The van der Waals surface area contributed by atoms with Gasteiger partial charge in [0.1, 0.15) is 10.6 Å². The second kappa shape index (κ2) is 6.89. The highest BCUT2D eigenvalue weighted by molar-refractivity contribution is 7.89. The molecule has 0 aliphatic carbocycles. The first-order valence-electron chi connectivity index (χ1n) is 9.34. The van der Waals surface area contributed by atoms with E-state index in [2.05, 4.69) is 0 Å². The lowest BCUT2D eigenvalue weighted by atomic mass is 9.84. The van der Waals surface area contributed by atoms with Gasteiger partial charge < -0.3 is 13.9 Å². The summed E-state index contributed by atoms with van der Waals surface area (Å²) in [6, 6.07) is 6.54. The summed E-state index contributed by atoms with van der Waals surface area (Å²) in [4.78, 5) is 24.3. The van der Waals surface area contributed by atoms with Crippen LogP contribution in [0.25, 0.3) is 0 Å². The Morgan fingerprint density at radius 2 is 2.04 bits per heavy atom. The monoisotopic (exact) mass is 405 g/mol. The average Bonchev–Trinajstić information content (AvgIpc) is 3.05. The normalized spacial score (nSPS) is 21.9. The van der Waals surface area contributed by atoms with Crippen LogP contribution in [0.3, 0.4) is 0 Å². The lowest BCUT2D eigenvalue weighted by Crippen LogP contribution is -2.48. The van der Waals surface area contributed by atoms with Crippen LogP contribution in [-0.2, 0) is 28.4 Å². The van der Waals surface area contributed by atoms with Crippen LogP contribution in [0, 0.1) is 5.92 Å². The molecule has 0 saturated carbocycles. The zero-order valence-corrected chi connectivity index (χ0v) is 16.7. The number of aryl methyl sites for hydroxylation is 1. The molecule has 8 nitrogen and oxygen atoms in total. The van der Waals surface area contributed by atoms with Crippen LogP contribution < -0.4 is 5.56 Å². The number of ether oxygens (including phenoxy) is 1. The zero-order chi connectivity index (χ0) is 20.1. The van der Waals surface area contributed by atoms with Crippen molar-refractivity contribution in [3.05, 3.63) is 52.2 Å². The SMILES string of the molecule is CCOC(=O)c1cc(S(=O)(=O)N2C[C@H]3C[C@@H](C2)c2cccc(=O)n2C3)cn1C. The van der Waals surface area contributed by atoms with Gasteiger partial charge in [-0.15, -0.1) is 0 Å². The van der Waals surface area contributed by atoms with Gasteiger partial charge in [0, 0.05) is 50.6 Å². The predicted octanol–water partition coefficient (Wildman–Crippen LogP) is 1.17. The van der Waals surface area contributed by atoms with Gasteiger partial charge in [-0.1, -0.05) is 6.07 Å². The van der Waals surface area contributed by atoms with E-state index in [1.807, 2.05) is 6.07 Å². The maximum atomic E-state index is 13.2. The summed E-state index contributed by atoms with van der Waals surface area (Å²) in [5.41, 5.74) is 1.06. The molecule has 4 rings (SSSR count). The summed E-state index contributed by atoms with van der Waals surface area (Å²) >= 11 is 0. The first-order chi connectivity index (χ1) is 13.3. The fourth-order valence-electron chi connectivity index (χ4n) is 4.28. The Hall–Kier alpha value is -2.39. The van der Waals surface area contributed by atoms with Crippen LogP contribution in [0.5, 0.6) is 0 Å². The first-order valence-corrected chi connectivity index (χ1v) is 10.8. The molecular formula is C19H23N3O5S. The number of aromatic nitrogens is 2. The number of nitrogens with zero attached hydrogens (tertiary/aromatic N) is 3. The van der Waals surface area contributed by atoms with Gasteiger partial charge >= 0.3 is 5.97 Å². The number of rotatable bonds is 4. The minimum atomic E-state index is -3.75. The van der Waals surface area contributed by atoms with E-state index >= 15 is 0 Å². The van der Waals surface area contributed by atoms with Crippen molar-refractivity contribution in [2.24, 2.45) is 13.0 Å². The molecule has 2 bridgehead atoms. The van der Waals surface area contributed by atoms with E-state index in [1.54, 1.807) is 30.7 Å². The average molecular weight is 405 g/mol. The number of carbonyl (C=O) groups excluding carboxylic acids is 1. The topological polar surface area (TPSA) is 90.6 Å². The third kappa shape index (κ3) is 3.08. The molecule has 1 fully saturated rings. The summed E-state index contributed by atoms with van der Waals surface area (Å²) in [5, 5.41) is 0. The number of esters is 1. The summed E-state index contributed by atoms with van der Waals surface area (Å²) in [5.74, 6) is -0.464. The van der Waals surface area contributed by atoms with Gasteiger partial charge in [0.05, 0.1) is 6.61 Å².